The summed E-state index contributed by atoms with van der Waals surface area (Å²) >= 11 is 5.54. The molecule has 1 aromatic heterocycles. The van der Waals surface area contributed by atoms with E-state index in [1.54, 1.807) is 12.3 Å². The van der Waals surface area contributed by atoms with E-state index in [1.807, 2.05) is 13.8 Å². The summed E-state index contributed by atoms with van der Waals surface area (Å²) in [6.45, 7) is 9.74. The molecular weight excluding hydrogens is 370 g/mol. The van der Waals surface area contributed by atoms with E-state index in [-0.39, 0.29) is 5.75 Å². The van der Waals surface area contributed by atoms with Gasteiger partial charge in [-0.05, 0) is 50.5 Å². The van der Waals surface area contributed by atoms with Crippen molar-refractivity contribution in [2.45, 2.75) is 39.7 Å². The van der Waals surface area contributed by atoms with Crippen molar-refractivity contribution < 1.29 is 5.11 Å². The highest BCUT2D eigenvalue weighted by molar-refractivity contribution is 7.80. The quantitative estimate of drug-likeness (QED) is 0.461. The zero-order chi connectivity index (χ0) is 20.1. The molecule has 6 nitrogen and oxygen atoms in total. The zero-order valence-corrected chi connectivity index (χ0v) is 17.7. The smallest absolute Gasteiger partial charge is 0.189 e. The van der Waals surface area contributed by atoms with E-state index in [9.17, 15) is 5.11 Å². The van der Waals surface area contributed by atoms with Gasteiger partial charge in [-0.3, -0.25) is 15.3 Å². The number of nitrogens with zero attached hydrogens (tertiary/aromatic N) is 4. The first-order chi connectivity index (χ1) is 13.5. The van der Waals surface area contributed by atoms with Gasteiger partial charge in [0.25, 0.3) is 0 Å². The zero-order valence-electron chi connectivity index (χ0n) is 16.9. The molecule has 28 heavy (non-hydrogen) atoms. The minimum atomic E-state index is 0.145. The van der Waals surface area contributed by atoms with Crippen molar-refractivity contribution in [3.8, 4) is 5.75 Å². The van der Waals surface area contributed by atoms with Gasteiger partial charge in [-0.1, -0.05) is 30.7 Å². The number of hydrazone groups is 1. The number of nitrogens with one attached hydrogen (secondary N) is 1. The lowest BCUT2D eigenvalue weighted by Crippen LogP contribution is -2.53. The van der Waals surface area contributed by atoms with Crippen LogP contribution in [0.4, 0.5) is 0 Å². The molecule has 2 heterocycles. The van der Waals surface area contributed by atoms with Crippen molar-refractivity contribution >= 4 is 23.0 Å². The standard InChI is InChI=1S/C21H29N5OS/c1-4-18(20-19(27)13-16(3)14-22-20)23-24-21(28)26-11-9-25(10-12-26)17-7-5-15(2)6-8-17/h5-7,13-14,17,27H,4,8-12H2,1-3H3,(H,24,28)/b23-18-. The van der Waals surface area contributed by atoms with Crippen LogP contribution in [0.3, 0.4) is 0 Å². The summed E-state index contributed by atoms with van der Waals surface area (Å²) in [6, 6.07) is 2.19. The van der Waals surface area contributed by atoms with Crippen LogP contribution in [0.5, 0.6) is 5.75 Å². The summed E-state index contributed by atoms with van der Waals surface area (Å²) < 4.78 is 0. The first-order valence-corrected chi connectivity index (χ1v) is 10.2. The van der Waals surface area contributed by atoms with Crippen LogP contribution in [-0.2, 0) is 0 Å². The topological polar surface area (TPSA) is 64.0 Å². The Morgan fingerprint density at radius 3 is 2.68 bits per heavy atom. The molecule has 2 N–H and O–H groups in total. The van der Waals surface area contributed by atoms with Crippen molar-refractivity contribution in [3.05, 3.63) is 47.3 Å². The molecule has 0 radical (unpaired) electrons. The van der Waals surface area contributed by atoms with E-state index < -0.39 is 0 Å². The number of thiocarbonyl (C=S) groups is 1. The molecule has 3 rings (SSSR count). The highest BCUT2D eigenvalue weighted by atomic mass is 32.1. The molecule has 1 atom stereocenters. The maximum Gasteiger partial charge on any atom is 0.189 e. The normalized spacial score (nSPS) is 20.8. The Kier molecular flexibility index (Phi) is 6.80. The number of rotatable bonds is 4. The molecule has 1 aliphatic heterocycles. The third-order valence-corrected chi connectivity index (χ3v) is 5.58. The Morgan fingerprint density at radius 1 is 1.32 bits per heavy atom. The van der Waals surface area contributed by atoms with Crippen molar-refractivity contribution in [3.63, 3.8) is 0 Å². The molecule has 0 aromatic carbocycles. The number of hydrogen-bond donors (Lipinski definition) is 2. The average molecular weight is 400 g/mol. The number of hydrogen-bond acceptors (Lipinski definition) is 5. The van der Waals surface area contributed by atoms with Crippen LogP contribution < -0.4 is 5.43 Å². The molecule has 150 valence electrons. The Labute approximate surface area is 172 Å². The fraction of sp³-hybridized carbons (Fsp3) is 0.476. The van der Waals surface area contributed by atoms with Crippen LogP contribution in [0.2, 0.25) is 0 Å². The van der Waals surface area contributed by atoms with Gasteiger partial charge in [0, 0.05) is 38.4 Å². The molecule has 1 aromatic rings. The van der Waals surface area contributed by atoms with Crippen molar-refractivity contribution in [2.24, 2.45) is 5.10 Å². The van der Waals surface area contributed by atoms with E-state index >= 15 is 0 Å². The number of pyridine rings is 1. The lowest BCUT2D eigenvalue weighted by Gasteiger charge is -2.39. The molecule has 1 unspecified atom stereocenters. The highest BCUT2D eigenvalue weighted by Gasteiger charge is 2.24. The summed E-state index contributed by atoms with van der Waals surface area (Å²) in [5, 5.41) is 15.2. The van der Waals surface area contributed by atoms with Gasteiger partial charge in [-0.2, -0.15) is 5.10 Å². The van der Waals surface area contributed by atoms with Crippen molar-refractivity contribution in [1.82, 2.24) is 20.2 Å². The van der Waals surface area contributed by atoms with E-state index in [0.717, 1.165) is 38.2 Å². The summed E-state index contributed by atoms with van der Waals surface area (Å²) in [6.07, 6.45) is 10.3. The minimum Gasteiger partial charge on any atom is -0.506 e. The van der Waals surface area contributed by atoms with Crippen LogP contribution in [0.1, 0.15) is 37.9 Å². The van der Waals surface area contributed by atoms with Gasteiger partial charge in [0.2, 0.25) is 0 Å². The Bertz CT molecular complexity index is 809. The minimum absolute atomic E-state index is 0.145. The molecule has 0 bridgehead atoms. The number of allylic oxidation sites excluding steroid dienone is 2. The molecule has 1 saturated heterocycles. The van der Waals surface area contributed by atoms with Gasteiger partial charge in [-0.25, -0.2) is 0 Å². The number of piperazine rings is 1. The molecule has 0 spiro atoms. The first kappa shape index (κ1) is 20.5. The predicted molar refractivity (Wildman–Crippen MR) is 118 cm³/mol. The number of aromatic nitrogens is 1. The average Bonchev–Trinajstić information content (AvgIpc) is 2.70. The van der Waals surface area contributed by atoms with Gasteiger partial charge >= 0.3 is 0 Å². The summed E-state index contributed by atoms with van der Waals surface area (Å²) in [4.78, 5) is 8.97. The van der Waals surface area contributed by atoms with Crippen molar-refractivity contribution in [2.75, 3.05) is 26.2 Å². The van der Waals surface area contributed by atoms with E-state index in [0.29, 0.717) is 29.0 Å². The van der Waals surface area contributed by atoms with Crippen molar-refractivity contribution in [1.29, 1.82) is 0 Å². The van der Waals surface area contributed by atoms with Crippen LogP contribution >= 0.6 is 12.2 Å². The predicted octanol–water partition coefficient (Wildman–Crippen LogP) is 2.98. The second-order valence-electron chi connectivity index (χ2n) is 7.34. The van der Waals surface area contributed by atoms with Gasteiger partial charge in [0.1, 0.15) is 11.4 Å². The molecule has 0 saturated carbocycles. The number of aromatic hydroxyl groups is 1. The fourth-order valence-corrected chi connectivity index (χ4v) is 3.73. The van der Waals surface area contributed by atoms with E-state index in [1.165, 1.54) is 5.57 Å². The Hall–Kier alpha value is -2.25. The molecular formula is C21H29N5OS. The first-order valence-electron chi connectivity index (χ1n) is 9.84. The SMILES string of the molecule is CC/C(=N/NC(=S)N1CCN(C2C=CC(C)=CC2)CC1)c1ncc(C)cc1O. The molecule has 0 amide bonds. The van der Waals surface area contributed by atoms with Gasteiger partial charge in [0.15, 0.2) is 5.11 Å². The maximum atomic E-state index is 10.1. The maximum absolute atomic E-state index is 10.1. The molecule has 1 fully saturated rings. The van der Waals surface area contributed by atoms with E-state index in [4.69, 9.17) is 12.2 Å². The lowest BCUT2D eigenvalue weighted by atomic mass is 10.0. The van der Waals surface area contributed by atoms with E-state index in [2.05, 4.69) is 50.5 Å². The van der Waals surface area contributed by atoms with Crippen LogP contribution in [0.25, 0.3) is 0 Å². The lowest BCUT2D eigenvalue weighted by molar-refractivity contribution is 0.153. The van der Waals surface area contributed by atoms with Gasteiger partial charge in [0.05, 0.1) is 5.71 Å². The fourth-order valence-electron chi connectivity index (χ4n) is 3.51. The third kappa shape index (κ3) is 4.97. The largest absolute Gasteiger partial charge is 0.506 e. The molecule has 1 aliphatic carbocycles. The summed E-state index contributed by atoms with van der Waals surface area (Å²) in [5.74, 6) is 0.145. The molecule has 7 heteroatoms. The van der Waals surface area contributed by atoms with Crippen LogP contribution in [0.15, 0.2) is 41.2 Å². The van der Waals surface area contributed by atoms with Gasteiger partial charge in [-0.15, -0.1) is 0 Å². The second kappa shape index (κ2) is 9.30. The monoisotopic (exact) mass is 399 g/mol. The van der Waals surface area contributed by atoms with Crippen LogP contribution in [0, 0.1) is 6.92 Å². The summed E-state index contributed by atoms with van der Waals surface area (Å²) in [5.41, 5.74) is 6.44. The highest BCUT2D eigenvalue weighted by Crippen LogP contribution is 2.19. The second-order valence-corrected chi connectivity index (χ2v) is 7.73. The Balaban J connectivity index is 1.55. The number of aryl methyl sites for hydroxylation is 1. The summed E-state index contributed by atoms with van der Waals surface area (Å²) in [7, 11) is 0. The third-order valence-electron chi connectivity index (χ3n) is 5.23. The van der Waals surface area contributed by atoms with Crippen LogP contribution in [-0.4, -0.2) is 62.9 Å². The Morgan fingerprint density at radius 2 is 2.07 bits per heavy atom. The van der Waals surface area contributed by atoms with Gasteiger partial charge < -0.3 is 10.0 Å². The molecule has 2 aliphatic rings.